The number of aromatic nitrogens is 2. The molecule has 2 aromatic carbocycles. The molecular formula is C19H18Cl2N4O3S3. The molecule has 0 aliphatic heterocycles. The lowest BCUT2D eigenvalue weighted by Gasteiger charge is -2.24. The molecule has 0 aliphatic rings. The molecule has 0 unspecified atom stereocenters. The molecule has 0 bridgehead atoms. The highest BCUT2D eigenvalue weighted by Crippen LogP contribution is 2.31. The molecule has 1 N–H and O–H groups in total. The summed E-state index contributed by atoms with van der Waals surface area (Å²) in [6, 6.07) is 12.2. The molecule has 7 nitrogen and oxygen atoms in total. The topological polar surface area (TPSA) is 92.3 Å². The van der Waals surface area contributed by atoms with Crippen LogP contribution in [0.1, 0.15) is 13.3 Å². The number of amides is 1. The van der Waals surface area contributed by atoms with E-state index >= 15 is 0 Å². The number of nitrogens with one attached hydrogen (secondary N) is 1. The van der Waals surface area contributed by atoms with Gasteiger partial charge in [0.1, 0.15) is 6.54 Å². The summed E-state index contributed by atoms with van der Waals surface area (Å²) < 4.78 is 28.3. The van der Waals surface area contributed by atoms with Gasteiger partial charge in [0.15, 0.2) is 4.34 Å². The number of sulfonamides is 1. The van der Waals surface area contributed by atoms with Gasteiger partial charge in [-0.3, -0.25) is 14.4 Å². The van der Waals surface area contributed by atoms with Crippen LogP contribution in [0.25, 0.3) is 0 Å². The van der Waals surface area contributed by atoms with E-state index in [9.17, 15) is 13.2 Å². The summed E-state index contributed by atoms with van der Waals surface area (Å²) in [6.45, 7) is 1.58. The van der Waals surface area contributed by atoms with Crippen LogP contribution in [0.15, 0.2) is 57.8 Å². The molecule has 0 radical (unpaired) electrons. The van der Waals surface area contributed by atoms with Gasteiger partial charge in [-0.2, -0.15) is 0 Å². The summed E-state index contributed by atoms with van der Waals surface area (Å²) in [5.41, 5.74) is 0.213. The van der Waals surface area contributed by atoms with Crippen molar-refractivity contribution in [1.29, 1.82) is 0 Å². The van der Waals surface area contributed by atoms with Crippen molar-refractivity contribution in [3.8, 4) is 0 Å². The number of carbonyl (C=O) groups is 1. The van der Waals surface area contributed by atoms with Crippen molar-refractivity contribution in [1.82, 2.24) is 10.2 Å². The van der Waals surface area contributed by atoms with Gasteiger partial charge in [0.2, 0.25) is 11.0 Å². The average molecular weight is 517 g/mol. The summed E-state index contributed by atoms with van der Waals surface area (Å²) in [5, 5.41) is 11.3. The van der Waals surface area contributed by atoms with Crippen molar-refractivity contribution in [2.75, 3.05) is 21.9 Å². The fourth-order valence-electron chi connectivity index (χ4n) is 2.47. The van der Waals surface area contributed by atoms with E-state index in [0.29, 0.717) is 5.13 Å². The third-order valence-electron chi connectivity index (χ3n) is 3.89. The Kier molecular flexibility index (Phi) is 8.17. The van der Waals surface area contributed by atoms with E-state index in [1.807, 2.05) is 0 Å². The minimum Gasteiger partial charge on any atom is -0.299 e. The molecule has 31 heavy (non-hydrogen) atoms. The van der Waals surface area contributed by atoms with Crippen LogP contribution >= 0.6 is 46.3 Å². The molecule has 3 aromatic rings. The lowest BCUT2D eigenvalue weighted by molar-refractivity contribution is -0.114. The highest BCUT2D eigenvalue weighted by molar-refractivity contribution is 8.01. The molecule has 1 amide bonds. The van der Waals surface area contributed by atoms with E-state index in [1.54, 1.807) is 30.0 Å². The zero-order valence-corrected chi connectivity index (χ0v) is 20.2. The first-order valence-electron chi connectivity index (χ1n) is 9.10. The van der Waals surface area contributed by atoms with Gasteiger partial charge in [0.25, 0.3) is 10.0 Å². The molecule has 0 atom stereocenters. The van der Waals surface area contributed by atoms with Crippen LogP contribution in [-0.2, 0) is 14.8 Å². The highest BCUT2D eigenvalue weighted by atomic mass is 35.5. The number of anilines is 2. The third-order valence-corrected chi connectivity index (χ3v) is 8.60. The normalized spacial score (nSPS) is 11.3. The number of rotatable bonds is 9. The number of hydrogen-bond donors (Lipinski definition) is 1. The minimum atomic E-state index is -4.04. The Morgan fingerprint density at radius 2 is 1.87 bits per heavy atom. The van der Waals surface area contributed by atoms with Crippen molar-refractivity contribution in [2.45, 2.75) is 22.6 Å². The van der Waals surface area contributed by atoms with Crippen LogP contribution in [0.2, 0.25) is 10.0 Å². The summed E-state index contributed by atoms with van der Waals surface area (Å²) in [7, 11) is -4.04. The number of benzene rings is 2. The molecule has 164 valence electrons. The van der Waals surface area contributed by atoms with E-state index in [0.717, 1.165) is 20.8 Å². The largest absolute Gasteiger partial charge is 0.299 e. The first kappa shape index (κ1) is 23.8. The van der Waals surface area contributed by atoms with Crippen LogP contribution in [0.3, 0.4) is 0 Å². The lowest BCUT2D eigenvalue weighted by atomic mass is 10.3. The molecule has 0 saturated carbocycles. The van der Waals surface area contributed by atoms with Gasteiger partial charge in [-0.25, -0.2) is 8.42 Å². The van der Waals surface area contributed by atoms with Gasteiger partial charge in [-0.15, -0.1) is 10.2 Å². The van der Waals surface area contributed by atoms with Gasteiger partial charge in [-0.05, 0) is 36.8 Å². The molecule has 12 heteroatoms. The Labute approximate surface area is 198 Å². The maximum absolute atomic E-state index is 13.3. The van der Waals surface area contributed by atoms with Crippen LogP contribution < -0.4 is 9.62 Å². The Bertz CT molecular complexity index is 1160. The molecule has 1 heterocycles. The molecule has 1 aromatic heterocycles. The Morgan fingerprint density at radius 1 is 1.13 bits per heavy atom. The van der Waals surface area contributed by atoms with E-state index in [-0.39, 0.29) is 20.6 Å². The molecule has 3 rings (SSSR count). The SMILES string of the molecule is CCCSc1nnc(NC(=O)CN(c2ccc(Cl)c(Cl)c2)S(=O)(=O)c2ccccc2)s1. The predicted molar refractivity (Wildman–Crippen MR) is 127 cm³/mol. The van der Waals surface area contributed by atoms with Gasteiger partial charge in [0, 0.05) is 5.75 Å². The summed E-state index contributed by atoms with van der Waals surface area (Å²) in [5.74, 6) is 0.331. The molecule has 0 spiro atoms. The van der Waals surface area contributed by atoms with Crippen LogP contribution in [0.4, 0.5) is 10.8 Å². The Balaban J connectivity index is 1.87. The van der Waals surface area contributed by atoms with E-state index in [1.165, 1.54) is 41.7 Å². The lowest BCUT2D eigenvalue weighted by Crippen LogP contribution is -2.38. The zero-order chi connectivity index (χ0) is 22.4. The number of halogens is 2. The maximum atomic E-state index is 13.3. The third kappa shape index (κ3) is 6.11. The van der Waals surface area contributed by atoms with Gasteiger partial charge in [0.05, 0.1) is 20.6 Å². The highest BCUT2D eigenvalue weighted by Gasteiger charge is 2.28. The van der Waals surface area contributed by atoms with Gasteiger partial charge in [-0.1, -0.05) is 71.4 Å². The second-order valence-electron chi connectivity index (χ2n) is 6.19. The van der Waals surface area contributed by atoms with Gasteiger partial charge >= 0.3 is 0 Å². The first-order chi connectivity index (χ1) is 14.8. The standard InChI is InChI=1S/C19H18Cl2N4O3S3/c1-2-10-29-19-24-23-18(30-19)22-17(26)12-25(13-8-9-15(20)16(21)11-13)31(27,28)14-6-4-3-5-7-14/h3-9,11H,2,10,12H2,1H3,(H,22,23,26). The molecule has 0 aliphatic carbocycles. The first-order valence-corrected chi connectivity index (χ1v) is 13.1. The van der Waals surface area contributed by atoms with Crippen LogP contribution in [-0.4, -0.2) is 36.8 Å². The smallest absolute Gasteiger partial charge is 0.264 e. The van der Waals surface area contributed by atoms with E-state index < -0.39 is 22.5 Å². The monoisotopic (exact) mass is 516 g/mol. The van der Waals surface area contributed by atoms with E-state index in [4.69, 9.17) is 23.2 Å². The minimum absolute atomic E-state index is 0.0445. The quantitative estimate of drug-likeness (QED) is 0.311. The predicted octanol–water partition coefficient (Wildman–Crippen LogP) is 5.18. The summed E-state index contributed by atoms with van der Waals surface area (Å²) in [6.07, 6.45) is 0.988. The Hall–Kier alpha value is -1.85. The Morgan fingerprint density at radius 3 is 2.55 bits per heavy atom. The molecule has 0 fully saturated rings. The van der Waals surface area contributed by atoms with Crippen molar-refractivity contribution in [3.63, 3.8) is 0 Å². The molecule has 0 saturated heterocycles. The van der Waals surface area contributed by atoms with Crippen LogP contribution in [0, 0.1) is 0 Å². The van der Waals surface area contributed by atoms with Gasteiger partial charge < -0.3 is 0 Å². The second-order valence-corrected chi connectivity index (χ2v) is 11.2. The van der Waals surface area contributed by atoms with Crippen molar-refractivity contribution in [3.05, 3.63) is 58.6 Å². The maximum Gasteiger partial charge on any atom is 0.264 e. The fourth-order valence-corrected chi connectivity index (χ4v) is 5.89. The number of hydrogen-bond acceptors (Lipinski definition) is 7. The number of carbonyl (C=O) groups excluding carboxylic acids is 1. The summed E-state index contributed by atoms with van der Waals surface area (Å²) >= 11 is 14.8. The summed E-state index contributed by atoms with van der Waals surface area (Å²) in [4.78, 5) is 12.7. The van der Waals surface area contributed by atoms with Crippen molar-refractivity contribution in [2.24, 2.45) is 0 Å². The zero-order valence-electron chi connectivity index (χ0n) is 16.3. The average Bonchev–Trinajstić information content (AvgIpc) is 3.20. The van der Waals surface area contributed by atoms with E-state index in [2.05, 4.69) is 22.4 Å². The van der Waals surface area contributed by atoms with Crippen LogP contribution in [0.5, 0.6) is 0 Å². The van der Waals surface area contributed by atoms with Crippen molar-refractivity contribution >= 4 is 73.0 Å². The molecular weight excluding hydrogens is 499 g/mol. The number of nitrogens with zero attached hydrogens (tertiary/aromatic N) is 3. The second kappa shape index (κ2) is 10.6. The number of thioether (sulfide) groups is 1. The fraction of sp³-hybridized carbons (Fsp3) is 0.211. The van der Waals surface area contributed by atoms with Crippen molar-refractivity contribution < 1.29 is 13.2 Å².